The molecule has 2 saturated heterocycles. The third kappa shape index (κ3) is 3.53. The number of carbonyl (C=O) groups excluding carboxylic acids is 1. The van der Waals surface area contributed by atoms with E-state index in [0.29, 0.717) is 31.1 Å². The Morgan fingerprint density at radius 2 is 1.96 bits per heavy atom. The first-order chi connectivity index (χ1) is 12.7. The minimum atomic E-state index is -0.214. The summed E-state index contributed by atoms with van der Waals surface area (Å²) in [6.45, 7) is 5.46. The Balaban J connectivity index is 1.50. The summed E-state index contributed by atoms with van der Waals surface area (Å²) in [7, 11) is 0. The number of aryl methyl sites for hydroxylation is 1. The Bertz CT molecular complexity index is 791. The number of nitrogens with zero attached hydrogens (tertiary/aromatic N) is 5. The highest BCUT2D eigenvalue weighted by Gasteiger charge is 2.27. The van der Waals surface area contributed by atoms with Gasteiger partial charge >= 0.3 is 0 Å². The highest BCUT2D eigenvalue weighted by Crippen LogP contribution is 2.23. The van der Waals surface area contributed by atoms with Crippen molar-refractivity contribution >= 4 is 11.7 Å². The second-order valence-electron chi connectivity index (χ2n) is 6.74. The van der Waals surface area contributed by atoms with E-state index in [4.69, 9.17) is 4.74 Å². The number of pyridine rings is 1. The molecule has 136 valence electrons. The van der Waals surface area contributed by atoms with Crippen molar-refractivity contribution in [2.24, 2.45) is 0 Å². The molecule has 2 aliphatic heterocycles. The van der Waals surface area contributed by atoms with Crippen LogP contribution in [0.25, 0.3) is 0 Å². The smallest absolute Gasteiger partial charge is 0.254 e. The quantitative estimate of drug-likeness (QED) is 0.840. The lowest BCUT2D eigenvalue weighted by molar-refractivity contribution is -0.0248. The van der Waals surface area contributed by atoms with E-state index in [1.807, 2.05) is 24.0 Å². The van der Waals surface area contributed by atoms with Gasteiger partial charge in [0.15, 0.2) is 0 Å². The molecule has 7 nitrogen and oxygen atoms in total. The van der Waals surface area contributed by atoms with Crippen LogP contribution < -0.4 is 4.90 Å². The van der Waals surface area contributed by atoms with Crippen molar-refractivity contribution in [2.75, 3.05) is 37.7 Å². The van der Waals surface area contributed by atoms with Crippen molar-refractivity contribution in [1.29, 1.82) is 0 Å². The fourth-order valence-electron chi connectivity index (χ4n) is 3.52. The number of amides is 1. The van der Waals surface area contributed by atoms with E-state index in [1.165, 1.54) is 12.8 Å². The molecule has 7 heteroatoms. The van der Waals surface area contributed by atoms with E-state index in [-0.39, 0.29) is 12.0 Å². The predicted octanol–water partition coefficient (Wildman–Crippen LogP) is 1.99. The first kappa shape index (κ1) is 16.9. The minimum Gasteiger partial charge on any atom is -0.368 e. The molecule has 0 bridgehead atoms. The maximum absolute atomic E-state index is 13.0. The van der Waals surface area contributed by atoms with Gasteiger partial charge in [0.1, 0.15) is 17.7 Å². The van der Waals surface area contributed by atoms with E-state index in [9.17, 15) is 4.79 Å². The molecule has 0 saturated carbocycles. The van der Waals surface area contributed by atoms with Crippen molar-refractivity contribution in [3.63, 3.8) is 0 Å². The molecule has 0 radical (unpaired) electrons. The van der Waals surface area contributed by atoms with Gasteiger partial charge in [0.2, 0.25) is 0 Å². The van der Waals surface area contributed by atoms with Gasteiger partial charge in [-0.05, 0) is 38.0 Å². The summed E-state index contributed by atoms with van der Waals surface area (Å²) in [5, 5.41) is 0. The highest BCUT2D eigenvalue weighted by atomic mass is 16.5. The molecule has 1 amide bonds. The molecule has 2 aromatic rings. The summed E-state index contributed by atoms with van der Waals surface area (Å²) in [5.41, 5.74) is 1.50. The average Bonchev–Trinajstić information content (AvgIpc) is 3.22. The molecular formula is C19H23N5O2. The zero-order valence-electron chi connectivity index (χ0n) is 15.0. The standard InChI is InChI=1S/C19H23N5O2/c1-14-20-7-5-16(22-14)17-13-24(10-11-26-17)19(25)15-4-6-21-18(12-15)23-8-2-3-9-23/h4-7,12,17H,2-3,8-11,13H2,1H3/t17-/m0/s1. The molecular weight excluding hydrogens is 330 g/mol. The summed E-state index contributed by atoms with van der Waals surface area (Å²) in [6.07, 6.45) is 5.61. The Labute approximate surface area is 153 Å². The number of anilines is 1. The number of hydrogen-bond acceptors (Lipinski definition) is 6. The fraction of sp³-hybridized carbons (Fsp3) is 0.474. The summed E-state index contributed by atoms with van der Waals surface area (Å²) in [4.78, 5) is 30.1. The number of rotatable bonds is 3. The Hall–Kier alpha value is -2.54. The molecule has 4 rings (SSSR count). The van der Waals surface area contributed by atoms with Crippen LogP contribution in [-0.4, -0.2) is 58.5 Å². The highest BCUT2D eigenvalue weighted by molar-refractivity contribution is 5.95. The van der Waals surface area contributed by atoms with Crippen LogP contribution in [0.5, 0.6) is 0 Å². The van der Waals surface area contributed by atoms with Gasteiger partial charge in [-0.2, -0.15) is 0 Å². The lowest BCUT2D eigenvalue weighted by atomic mass is 10.1. The summed E-state index contributed by atoms with van der Waals surface area (Å²) < 4.78 is 5.84. The van der Waals surface area contributed by atoms with E-state index < -0.39 is 0 Å². The van der Waals surface area contributed by atoms with Crippen LogP contribution in [0.15, 0.2) is 30.6 Å². The van der Waals surface area contributed by atoms with Crippen molar-refractivity contribution in [3.05, 3.63) is 47.7 Å². The molecule has 1 atom stereocenters. The first-order valence-corrected chi connectivity index (χ1v) is 9.12. The van der Waals surface area contributed by atoms with E-state index in [1.54, 1.807) is 18.5 Å². The molecule has 2 aliphatic rings. The van der Waals surface area contributed by atoms with Crippen LogP contribution >= 0.6 is 0 Å². The lowest BCUT2D eigenvalue weighted by Crippen LogP contribution is -2.42. The molecule has 0 N–H and O–H groups in total. The van der Waals surface area contributed by atoms with Crippen LogP contribution in [0, 0.1) is 6.92 Å². The van der Waals surface area contributed by atoms with E-state index in [2.05, 4.69) is 19.9 Å². The van der Waals surface area contributed by atoms with Crippen LogP contribution in [-0.2, 0) is 4.74 Å². The molecule has 4 heterocycles. The molecule has 2 fully saturated rings. The number of hydrogen-bond donors (Lipinski definition) is 0. The molecule has 2 aromatic heterocycles. The second kappa shape index (κ2) is 7.37. The first-order valence-electron chi connectivity index (χ1n) is 9.12. The molecule has 0 unspecified atom stereocenters. The molecule has 0 spiro atoms. The van der Waals surface area contributed by atoms with Gasteiger partial charge in [0.05, 0.1) is 18.8 Å². The van der Waals surface area contributed by atoms with Crippen molar-refractivity contribution in [2.45, 2.75) is 25.9 Å². The van der Waals surface area contributed by atoms with E-state index in [0.717, 1.165) is 24.6 Å². The largest absolute Gasteiger partial charge is 0.368 e. The Morgan fingerprint density at radius 1 is 1.15 bits per heavy atom. The second-order valence-corrected chi connectivity index (χ2v) is 6.74. The van der Waals surface area contributed by atoms with Crippen LogP contribution in [0.3, 0.4) is 0 Å². The Morgan fingerprint density at radius 3 is 2.77 bits per heavy atom. The van der Waals surface area contributed by atoms with Gasteiger partial charge in [0.25, 0.3) is 5.91 Å². The van der Waals surface area contributed by atoms with Crippen molar-refractivity contribution in [3.8, 4) is 0 Å². The normalized spacial score (nSPS) is 20.4. The van der Waals surface area contributed by atoms with Crippen molar-refractivity contribution in [1.82, 2.24) is 19.9 Å². The van der Waals surface area contributed by atoms with Crippen LogP contribution in [0.2, 0.25) is 0 Å². The topological polar surface area (TPSA) is 71.5 Å². The van der Waals surface area contributed by atoms with Gasteiger partial charge in [-0.25, -0.2) is 15.0 Å². The van der Waals surface area contributed by atoms with Gasteiger partial charge in [0, 0.05) is 37.6 Å². The number of carbonyl (C=O) groups is 1. The zero-order chi connectivity index (χ0) is 17.9. The Kier molecular flexibility index (Phi) is 4.79. The zero-order valence-corrected chi connectivity index (χ0v) is 15.0. The van der Waals surface area contributed by atoms with E-state index >= 15 is 0 Å². The van der Waals surface area contributed by atoms with Gasteiger partial charge in [-0.15, -0.1) is 0 Å². The summed E-state index contributed by atoms with van der Waals surface area (Å²) in [6, 6.07) is 5.55. The molecule has 26 heavy (non-hydrogen) atoms. The number of ether oxygens (including phenoxy) is 1. The summed E-state index contributed by atoms with van der Waals surface area (Å²) >= 11 is 0. The van der Waals surface area contributed by atoms with Crippen LogP contribution in [0.1, 0.15) is 40.8 Å². The molecule has 0 aromatic carbocycles. The lowest BCUT2D eigenvalue weighted by Gasteiger charge is -2.33. The van der Waals surface area contributed by atoms with Gasteiger partial charge in [-0.3, -0.25) is 4.79 Å². The monoisotopic (exact) mass is 353 g/mol. The average molecular weight is 353 g/mol. The summed E-state index contributed by atoms with van der Waals surface area (Å²) in [5.74, 6) is 1.62. The van der Waals surface area contributed by atoms with Crippen molar-refractivity contribution < 1.29 is 9.53 Å². The minimum absolute atomic E-state index is 0.0203. The van der Waals surface area contributed by atoms with Gasteiger partial charge < -0.3 is 14.5 Å². The SMILES string of the molecule is Cc1nccc([C@@H]2CN(C(=O)c3ccnc(N4CCCC4)c3)CCO2)n1. The maximum atomic E-state index is 13.0. The number of morpholine rings is 1. The van der Waals surface area contributed by atoms with Gasteiger partial charge in [-0.1, -0.05) is 0 Å². The third-order valence-corrected chi connectivity index (χ3v) is 4.90. The maximum Gasteiger partial charge on any atom is 0.254 e. The predicted molar refractivity (Wildman–Crippen MR) is 97.0 cm³/mol. The number of aromatic nitrogens is 3. The fourth-order valence-corrected chi connectivity index (χ4v) is 3.52. The van der Waals surface area contributed by atoms with Crippen LogP contribution in [0.4, 0.5) is 5.82 Å². The third-order valence-electron chi connectivity index (χ3n) is 4.90. The molecule has 0 aliphatic carbocycles.